The number of hydrogen-bond acceptors (Lipinski definition) is 1. The number of aliphatic hydroxyl groups excluding tert-OH is 1. The van der Waals surface area contributed by atoms with Gasteiger partial charge in [-0.15, -0.1) is 0 Å². The zero-order valence-corrected chi connectivity index (χ0v) is 8.02. The summed E-state index contributed by atoms with van der Waals surface area (Å²) < 4.78 is 0. The van der Waals surface area contributed by atoms with E-state index in [0.29, 0.717) is 5.92 Å². The molecule has 1 nitrogen and oxygen atoms in total. The van der Waals surface area contributed by atoms with Gasteiger partial charge >= 0.3 is 0 Å². The molecule has 0 heterocycles. The zero-order valence-electron chi connectivity index (χ0n) is 8.02. The lowest BCUT2D eigenvalue weighted by atomic mass is 10.0. The van der Waals surface area contributed by atoms with E-state index in [1.54, 1.807) is 0 Å². The molecule has 0 aromatic carbocycles. The fourth-order valence-electron chi connectivity index (χ4n) is 0.674. The largest absolute Gasteiger partial charge is 0.393 e. The van der Waals surface area contributed by atoms with Crippen molar-refractivity contribution in [3.05, 3.63) is 0 Å². The highest BCUT2D eigenvalue weighted by molar-refractivity contribution is 4.59. The third-order valence-electron chi connectivity index (χ3n) is 1.72. The van der Waals surface area contributed by atoms with Gasteiger partial charge in [0, 0.05) is 0 Å². The van der Waals surface area contributed by atoms with Gasteiger partial charge < -0.3 is 5.11 Å². The predicted octanol–water partition coefficient (Wildman–Crippen LogP) is 2.83. The fraction of sp³-hybridized carbons (Fsp3) is 1.00. The standard InChI is InChI=1S/C7H16O.C2H6/c1-4-6(3)7(8)5-2;1-2/h6-8H,4-5H2,1-3H3;1-2H3/t6-,7-;/m1./s1. The highest BCUT2D eigenvalue weighted by Crippen LogP contribution is 2.09. The van der Waals surface area contributed by atoms with Gasteiger partial charge in [0.1, 0.15) is 0 Å². The molecule has 10 heavy (non-hydrogen) atoms. The summed E-state index contributed by atoms with van der Waals surface area (Å²) in [5.74, 6) is 0.472. The van der Waals surface area contributed by atoms with Crippen molar-refractivity contribution >= 4 is 0 Å². The van der Waals surface area contributed by atoms with Crippen LogP contribution in [0.1, 0.15) is 47.5 Å². The average molecular weight is 146 g/mol. The van der Waals surface area contributed by atoms with E-state index >= 15 is 0 Å². The van der Waals surface area contributed by atoms with E-state index in [-0.39, 0.29) is 6.10 Å². The Morgan fingerprint density at radius 1 is 1.10 bits per heavy atom. The van der Waals surface area contributed by atoms with Gasteiger partial charge in [0.05, 0.1) is 6.10 Å². The molecule has 1 N–H and O–H groups in total. The van der Waals surface area contributed by atoms with Crippen molar-refractivity contribution in [2.45, 2.75) is 53.6 Å². The van der Waals surface area contributed by atoms with Crippen LogP contribution in [0.5, 0.6) is 0 Å². The molecule has 0 aliphatic rings. The van der Waals surface area contributed by atoms with Crippen molar-refractivity contribution in [1.29, 1.82) is 0 Å². The Balaban J connectivity index is 0. The van der Waals surface area contributed by atoms with E-state index in [1.165, 1.54) is 0 Å². The first-order valence-electron chi connectivity index (χ1n) is 4.40. The quantitative estimate of drug-likeness (QED) is 0.649. The minimum absolute atomic E-state index is 0.0833. The summed E-state index contributed by atoms with van der Waals surface area (Å²) >= 11 is 0. The zero-order chi connectivity index (χ0) is 8.57. The highest BCUT2D eigenvalue weighted by atomic mass is 16.3. The first kappa shape index (κ1) is 12.6. The van der Waals surface area contributed by atoms with Gasteiger partial charge in [0.25, 0.3) is 0 Å². The van der Waals surface area contributed by atoms with Crippen molar-refractivity contribution in [3.63, 3.8) is 0 Å². The molecular formula is C9H22O. The van der Waals surface area contributed by atoms with Crippen LogP contribution in [-0.4, -0.2) is 11.2 Å². The molecule has 0 aliphatic carbocycles. The molecule has 0 rings (SSSR count). The van der Waals surface area contributed by atoms with Gasteiger partial charge in [-0.25, -0.2) is 0 Å². The molecule has 2 atom stereocenters. The minimum atomic E-state index is -0.0833. The van der Waals surface area contributed by atoms with Gasteiger partial charge in [-0.05, 0) is 12.3 Å². The first-order chi connectivity index (χ1) is 4.72. The Hall–Kier alpha value is -0.0400. The van der Waals surface area contributed by atoms with Crippen LogP contribution >= 0.6 is 0 Å². The van der Waals surface area contributed by atoms with Crippen molar-refractivity contribution < 1.29 is 5.11 Å². The van der Waals surface area contributed by atoms with E-state index in [1.807, 2.05) is 20.8 Å². The maximum absolute atomic E-state index is 9.13. The summed E-state index contributed by atoms with van der Waals surface area (Å²) in [5.41, 5.74) is 0. The van der Waals surface area contributed by atoms with Crippen LogP contribution in [0.15, 0.2) is 0 Å². The van der Waals surface area contributed by atoms with Gasteiger partial charge in [-0.3, -0.25) is 0 Å². The summed E-state index contributed by atoms with van der Waals surface area (Å²) in [4.78, 5) is 0. The number of hydrogen-bond donors (Lipinski definition) is 1. The molecule has 0 spiro atoms. The van der Waals surface area contributed by atoms with Crippen LogP contribution in [-0.2, 0) is 0 Å². The van der Waals surface area contributed by atoms with Crippen LogP contribution in [0.3, 0.4) is 0 Å². The van der Waals surface area contributed by atoms with Crippen LogP contribution in [0, 0.1) is 5.92 Å². The summed E-state index contributed by atoms with van der Waals surface area (Å²) in [6.45, 7) is 10.2. The fourth-order valence-corrected chi connectivity index (χ4v) is 0.674. The van der Waals surface area contributed by atoms with Crippen molar-refractivity contribution in [1.82, 2.24) is 0 Å². The molecule has 0 fully saturated rings. The Morgan fingerprint density at radius 2 is 1.50 bits per heavy atom. The summed E-state index contributed by atoms with van der Waals surface area (Å²) in [5, 5.41) is 9.13. The topological polar surface area (TPSA) is 20.2 Å². The molecule has 1 heteroatoms. The smallest absolute Gasteiger partial charge is 0.0563 e. The van der Waals surface area contributed by atoms with Crippen LogP contribution in [0.4, 0.5) is 0 Å². The van der Waals surface area contributed by atoms with Gasteiger partial charge in [0.2, 0.25) is 0 Å². The Labute approximate surface area is 65.5 Å². The van der Waals surface area contributed by atoms with Crippen molar-refractivity contribution in [2.75, 3.05) is 0 Å². The third kappa shape index (κ3) is 6.09. The van der Waals surface area contributed by atoms with Gasteiger partial charge in [-0.1, -0.05) is 41.0 Å². The lowest BCUT2D eigenvalue weighted by Crippen LogP contribution is -2.14. The van der Waals surface area contributed by atoms with E-state index in [9.17, 15) is 0 Å². The van der Waals surface area contributed by atoms with E-state index in [0.717, 1.165) is 12.8 Å². The van der Waals surface area contributed by atoms with E-state index in [4.69, 9.17) is 5.11 Å². The normalized spacial score (nSPS) is 15.0. The predicted molar refractivity (Wildman–Crippen MR) is 47.1 cm³/mol. The Bertz CT molecular complexity index is 44.7. The second-order valence-electron chi connectivity index (χ2n) is 2.36. The molecule has 0 aliphatic heterocycles. The molecule has 0 aromatic heterocycles. The molecular weight excluding hydrogens is 124 g/mol. The lowest BCUT2D eigenvalue weighted by molar-refractivity contribution is 0.111. The molecule has 0 amide bonds. The maximum Gasteiger partial charge on any atom is 0.0563 e. The van der Waals surface area contributed by atoms with Crippen LogP contribution in [0.25, 0.3) is 0 Å². The van der Waals surface area contributed by atoms with Crippen LogP contribution in [0.2, 0.25) is 0 Å². The molecule has 0 saturated carbocycles. The van der Waals surface area contributed by atoms with Crippen LogP contribution < -0.4 is 0 Å². The second-order valence-corrected chi connectivity index (χ2v) is 2.36. The average Bonchev–Trinajstić information content (AvgIpc) is 2.05. The van der Waals surface area contributed by atoms with E-state index in [2.05, 4.69) is 13.8 Å². The molecule has 0 radical (unpaired) electrons. The Kier molecular flexibility index (Phi) is 11.3. The molecule has 0 bridgehead atoms. The third-order valence-corrected chi connectivity index (χ3v) is 1.72. The van der Waals surface area contributed by atoms with Gasteiger partial charge in [0.15, 0.2) is 0 Å². The molecule has 64 valence electrons. The first-order valence-corrected chi connectivity index (χ1v) is 4.40. The summed E-state index contributed by atoms with van der Waals surface area (Å²) in [7, 11) is 0. The molecule has 0 saturated heterocycles. The van der Waals surface area contributed by atoms with E-state index < -0.39 is 0 Å². The monoisotopic (exact) mass is 146 g/mol. The number of rotatable bonds is 3. The SMILES string of the molecule is CC.CC[C@@H](C)[C@H](O)CC. The lowest BCUT2D eigenvalue weighted by Gasteiger charge is -2.13. The maximum atomic E-state index is 9.13. The number of aliphatic hydroxyl groups is 1. The second kappa shape index (κ2) is 8.96. The molecule has 0 aromatic rings. The highest BCUT2D eigenvalue weighted by Gasteiger charge is 2.07. The minimum Gasteiger partial charge on any atom is -0.393 e. The van der Waals surface area contributed by atoms with Crippen molar-refractivity contribution in [2.24, 2.45) is 5.92 Å². The van der Waals surface area contributed by atoms with Gasteiger partial charge in [-0.2, -0.15) is 0 Å². The molecule has 0 unspecified atom stereocenters. The Morgan fingerprint density at radius 3 is 1.60 bits per heavy atom. The van der Waals surface area contributed by atoms with Crippen molar-refractivity contribution in [3.8, 4) is 0 Å². The summed E-state index contributed by atoms with van der Waals surface area (Å²) in [6, 6.07) is 0. The summed E-state index contributed by atoms with van der Waals surface area (Å²) in [6.07, 6.45) is 1.88.